The minimum absolute atomic E-state index is 0.376. The number of nitrogens with two attached hydrogens (primary N) is 1. The van der Waals surface area contributed by atoms with Gasteiger partial charge in [0.25, 0.3) is 0 Å². The predicted octanol–water partition coefficient (Wildman–Crippen LogP) is 3.28. The van der Waals surface area contributed by atoms with Crippen molar-refractivity contribution in [3.05, 3.63) is 29.3 Å². The molecule has 1 unspecified atom stereocenters. The zero-order chi connectivity index (χ0) is 13.1. The van der Waals surface area contributed by atoms with Crippen LogP contribution in [0.3, 0.4) is 0 Å². The maximum atomic E-state index is 6.03. The highest BCUT2D eigenvalue weighted by Crippen LogP contribution is 2.28. The maximum absolute atomic E-state index is 6.03. The first-order chi connectivity index (χ1) is 8.67. The van der Waals surface area contributed by atoms with Gasteiger partial charge in [0.2, 0.25) is 0 Å². The van der Waals surface area contributed by atoms with Crippen LogP contribution in [0.25, 0.3) is 0 Å². The molecule has 3 nitrogen and oxygen atoms in total. The topological polar surface area (TPSA) is 41.6 Å². The molecule has 0 amide bonds. The van der Waals surface area contributed by atoms with E-state index in [4.69, 9.17) is 17.3 Å². The van der Waals surface area contributed by atoms with Crippen molar-refractivity contribution in [2.75, 3.05) is 11.4 Å². The molecule has 0 saturated carbocycles. The summed E-state index contributed by atoms with van der Waals surface area (Å²) in [4.78, 5) is 6.55. The molecule has 1 aliphatic rings. The Hall–Kier alpha value is -1.22. The predicted molar refractivity (Wildman–Crippen MR) is 78.3 cm³/mol. The summed E-state index contributed by atoms with van der Waals surface area (Å²) in [5.74, 6) is 1.24. The van der Waals surface area contributed by atoms with E-state index in [0.29, 0.717) is 17.9 Å². The average Bonchev–Trinajstić information content (AvgIpc) is 2.74. The molecule has 98 valence electrons. The van der Waals surface area contributed by atoms with Gasteiger partial charge in [-0.1, -0.05) is 38.3 Å². The highest BCUT2D eigenvalue weighted by atomic mass is 35.5. The highest BCUT2D eigenvalue weighted by molar-refractivity contribution is 6.30. The van der Waals surface area contributed by atoms with Crippen LogP contribution in [-0.4, -0.2) is 18.5 Å². The van der Waals surface area contributed by atoms with Crippen LogP contribution < -0.4 is 10.6 Å². The summed E-state index contributed by atoms with van der Waals surface area (Å²) in [6.07, 6.45) is 2.29. The molecule has 0 saturated heterocycles. The fourth-order valence-electron chi connectivity index (χ4n) is 2.63. The van der Waals surface area contributed by atoms with Crippen molar-refractivity contribution in [1.29, 1.82) is 0 Å². The quantitative estimate of drug-likeness (QED) is 0.908. The van der Waals surface area contributed by atoms with Gasteiger partial charge in [-0.15, -0.1) is 0 Å². The van der Waals surface area contributed by atoms with Crippen molar-refractivity contribution in [1.82, 2.24) is 0 Å². The molecule has 4 heteroatoms. The van der Waals surface area contributed by atoms with Crippen molar-refractivity contribution in [3.8, 4) is 0 Å². The van der Waals surface area contributed by atoms with Gasteiger partial charge in [0.05, 0.1) is 12.6 Å². The van der Waals surface area contributed by atoms with E-state index in [-0.39, 0.29) is 0 Å². The highest BCUT2D eigenvalue weighted by Gasteiger charge is 2.32. The van der Waals surface area contributed by atoms with E-state index in [9.17, 15) is 0 Å². The Kier molecular flexibility index (Phi) is 4.12. The zero-order valence-electron chi connectivity index (χ0n) is 10.9. The summed E-state index contributed by atoms with van der Waals surface area (Å²) in [6, 6.07) is 8.18. The summed E-state index contributed by atoms with van der Waals surface area (Å²) in [6.45, 7) is 5.24. The molecular weight excluding hydrogens is 246 g/mol. The average molecular weight is 266 g/mol. The Morgan fingerprint density at radius 3 is 2.50 bits per heavy atom. The van der Waals surface area contributed by atoms with Crippen LogP contribution in [-0.2, 0) is 0 Å². The Balaban J connectivity index is 2.27. The van der Waals surface area contributed by atoms with E-state index in [1.54, 1.807) is 0 Å². The molecule has 18 heavy (non-hydrogen) atoms. The van der Waals surface area contributed by atoms with Gasteiger partial charge in [-0.05, 0) is 30.2 Å². The van der Waals surface area contributed by atoms with Crippen LogP contribution in [0.5, 0.6) is 0 Å². The molecule has 0 spiro atoms. The fourth-order valence-corrected chi connectivity index (χ4v) is 2.76. The lowest BCUT2D eigenvalue weighted by Gasteiger charge is -2.31. The lowest BCUT2D eigenvalue weighted by molar-refractivity contribution is 0.412. The molecule has 0 aliphatic carbocycles. The van der Waals surface area contributed by atoms with E-state index in [1.807, 2.05) is 24.3 Å². The number of rotatable bonds is 4. The van der Waals surface area contributed by atoms with Gasteiger partial charge in [-0.25, -0.2) is 0 Å². The Morgan fingerprint density at radius 2 is 1.94 bits per heavy atom. The largest absolute Gasteiger partial charge is 0.370 e. The molecule has 2 N–H and O–H groups in total. The fraction of sp³-hybridized carbons (Fsp3) is 0.500. The molecular formula is C14H20ClN3. The third kappa shape index (κ3) is 2.46. The summed E-state index contributed by atoms with van der Waals surface area (Å²) in [5.41, 5.74) is 7.11. The molecule has 1 atom stereocenters. The van der Waals surface area contributed by atoms with E-state index >= 15 is 0 Å². The van der Waals surface area contributed by atoms with Crippen LogP contribution in [0.4, 0.5) is 5.69 Å². The first kappa shape index (κ1) is 13.2. The van der Waals surface area contributed by atoms with Crippen molar-refractivity contribution in [3.63, 3.8) is 0 Å². The molecule has 0 fully saturated rings. The molecule has 0 radical (unpaired) electrons. The number of halogens is 1. The van der Waals surface area contributed by atoms with E-state index in [2.05, 4.69) is 23.7 Å². The Morgan fingerprint density at radius 1 is 1.33 bits per heavy atom. The van der Waals surface area contributed by atoms with Gasteiger partial charge in [0.15, 0.2) is 5.96 Å². The first-order valence-corrected chi connectivity index (χ1v) is 6.89. The number of guanidine groups is 1. The second kappa shape index (κ2) is 5.61. The van der Waals surface area contributed by atoms with Crippen LogP contribution in [0.1, 0.15) is 26.7 Å². The number of anilines is 1. The molecule has 0 aromatic heterocycles. The normalized spacial score (nSPS) is 19.4. The molecule has 1 aliphatic heterocycles. The van der Waals surface area contributed by atoms with Crippen LogP contribution in [0.2, 0.25) is 5.02 Å². The second-order valence-corrected chi connectivity index (χ2v) is 5.13. The molecule has 1 heterocycles. The van der Waals surface area contributed by atoms with Gasteiger partial charge < -0.3 is 10.6 Å². The van der Waals surface area contributed by atoms with E-state index in [0.717, 1.165) is 30.1 Å². The molecule has 1 aromatic carbocycles. The molecule has 1 aromatic rings. The van der Waals surface area contributed by atoms with Crippen molar-refractivity contribution in [2.24, 2.45) is 16.6 Å². The van der Waals surface area contributed by atoms with E-state index < -0.39 is 0 Å². The van der Waals surface area contributed by atoms with E-state index in [1.165, 1.54) is 0 Å². The smallest absolute Gasteiger partial charge is 0.196 e. The number of aliphatic imine (C=N–C) groups is 1. The van der Waals surface area contributed by atoms with Crippen LogP contribution >= 0.6 is 11.6 Å². The lowest BCUT2D eigenvalue weighted by atomic mass is 9.93. The minimum Gasteiger partial charge on any atom is -0.370 e. The monoisotopic (exact) mass is 265 g/mol. The lowest BCUT2D eigenvalue weighted by Crippen LogP contribution is -2.44. The van der Waals surface area contributed by atoms with Crippen molar-refractivity contribution < 1.29 is 0 Å². The third-order valence-corrected chi connectivity index (χ3v) is 3.97. The Bertz CT molecular complexity index is 423. The van der Waals surface area contributed by atoms with Gasteiger partial charge >= 0.3 is 0 Å². The minimum atomic E-state index is 0.376. The standard InChI is InChI=1S/C14H20ClN3/c1-3-10(4-2)13-9-17-14(16)18(13)12-7-5-11(15)6-8-12/h5-8,10,13H,3-4,9H2,1-2H3,(H2,16,17). The van der Waals surface area contributed by atoms with Crippen LogP contribution in [0, 0.1) is 5.92 Å². The number of hydrogen-bond donors (Lipinski definition) is 1. The molecule has 0 bridgehead atoms. The summed E-state index contributed by atoms with van der Waals surface area (Å²) in [5, 5.41) is 0.743. The Labute approximate surface area is 114 Å². The number of nitrogens with zero attached hydrogens (tertiary/aromatic N) is 2. The van der Waals surface area contributed by atoms with Crippen molar-refractivity contribution >= 4 is 23.2 Å². The van der Waals surface area contributed by atoms with Gasteiger partial charge in [-0.2, -0.15) is 0 Å². The second-order valence-electron chi connectivity index (χ2n) is 4.69. The molecule has 2 rings (SSSR count). The van der Waals surface area contributed by atoms with Crippen molar-refractivity contribution in [2.45, 2.75) is 32.7 Å². The van der Waals surface area contributed by atoms with Gasteiger partial charge in [-0.3, -0.25) is 4.99 Å². The summed E-state index contributed by atoms with van der Waals surface area (Å²) < 4.78 is 0. The van der Waals surface area contributed by atoms with Crippen LogP contribution in [0.15, 0.2) is 29.3 Å². The van der Waals surface area contributed by atoms with Gasteiger partial charge in [0.1, 0.15) is 0 Å². The SMILES string of the molecule is CCC(CC)C1CN=C(N)N1c1ccc(Cl)cc1. The van der Waals surface area contributed by atoms with Gasteiger partial charge in [0, 0.05) is 10.7 Å². The number of hydrogen-bond acceptors (Lipinski definition) is 3. The maximum Gasteiger partial charge on any atom is 0.196 e. The summed E-state index contributed by atoms with van der Waals surface area (Å²) in [7, 11) is 0. The third-order valence-electron chi connectivity index (χ3n) is 3.72. The first-order valence-electron chi connectivity index (χ1n) is 6.52. The zero-order valence-corrected chi connectivity index (χ0v) is 11.7. The summed E-state index contributed by atoms with van der Waals surface area (Å²) >= 11 is 5.93. The number of benzene rings is 1.